The van der Waals surface area contributed by atoms with E-state index in [1.807, 2.05) is 37.3 Å². The molecule has 1 aliphatic heterocycles. The SMILES string of the molecule is COc1ccc(C2/C(=C(\O)c3ccc(OCc4ccccc4)c(C)c3)C(=O)C(=O)N2c2nc3ccc(F)cc3s2)cc1. The number of fused-ring (bicyclic) bond motifs is 1. The van der Waals surface area contributed by atoms with Gasteiger partial charge in [-0.1, -0.05) is 53.8 Å². The number of benzene rings is 4. The van der Waals surface area contributed by atoms with Gasteiger partial charge in [0.1, 0.15) is 29.7 Å². The van der Waals surface area contributed by atoms with Crippen molar-refractivity contribution in [1.82, 2.24) is 4.98 Å². The minimum atomic E-state index is -0.976. The van der Waals surface area contributed by atoms with Crippen LogP contribution in [0.3, 0.4) is 0 Å². The monoisotopic (exact) mass is 580 g/mol. The summed E-state index contributed by atoms with van der Waals surface area (Å²) in [6.07, 6.45) is 0. The zero-order chi connectivity index (χ0) is 29.4. The van der Waals surface area contributed by atoms with Gasteiger partial charge in [0.2, 0.25) is 0 Å². The number of nitrogens with zero attached hydrogens (tertiary/aromatic N) is 2. The number of aliphatic hydroxyl groups is 1. The molecule has 7 nitrogen and oxygen atoms in total. The lowest BCUT2D eigenvalue weighted by molar-refractivity contribution is -0.132. The number of amides is 1. The quantitative estimate of drug-likeness (QED) is 0.127. The fourth-order valence-electron chi connectivity index (χ4n) is 4.97. The van der Waals surface area contributed by atoms with Crippen LogP contribution in [0.15, 0.2) is 96.6 Å². The van der Waals surface area contributed by atoms with Crippen molar-refractivity contribution in [2.24, 2.45) is 0 Å². The minimum absolute atomic E-state index is 0.0760. The van der Waals surface area contributed by atoms with Gasteiger partial charge in [0.15, 0.2) is 5.13 Å². The van der Waals surface area contributed by atoms with Crippen molar-refractivity contribution >= 4 is 44.1 Å². The van der Waals surface area contributed by atoms with Gasteiger partial charge in [0, 0.05) is 5.56 Å². The number of aliphatic hydroxyl groups excluding tert-OH is 1. The molecule has 5 aromatic rings. The molecule has 6 rings (SSSR count). The van der Waals surface area contributed by atoms with Crippen LogP contribution in [0.5, 0.6) is 11.5 Å². The van der Waals surface area contributed by atoms with E-state index >= 15 is 0 Å². The molecule has 1 atom stereocenters. The van der Waals surface area contributed by atoms with Crippen LogP contribution in [-0.2, 0) is 16.2 Å². The predicted octanol–water partition coefficient (Wildman–Crippen LogP) is 6.96. The Hall–Kier alpha value is -5.02. The molecule has 0 saturated carbocycles. The average molecular weight is 581 g/mol. The molecule has 0 radical (unpaired) electrons. The van der Waals surface area contributed by atoms with Crippen LogP contribution >= 0.6 is 11.3 Å². The number of rotatable bonds is 7. The van der Waals surface area contributed by atoms with E-state index in [1.165, 1.54) is 30.2 Å². The second-order valence-electron chi connectivity index (χ2n) is 9.81. The largest absolute Gasteiger partial charge is 0.507 e. The van der Waals surface area contributed by atoms with Crippen LogP contribution in [0.4, 0.5) is 9.52 Å². The van der Waals surface area contributed by atoms with Gasteiger partial charge in [-0.25, -0.2) is 9.37 Å². The first-order chi connectivity index (χ1) is 20.3. The van der Waals surface area contributed by atoms with E-state index in [1.54, 1.807) is 42.5 Å². The first-order valence-corrected chi connectivity index (χ1v) is 13.9. The lowest BCUT2D eigenvalue weighted by atomic mass is 9.95. The number of carbonyl (C=O) groups is 2. The molecule has 1 unspecified atom stereocenters. The maximum absolute atomic E-state index is 13.9. The molecule has 0 bridgehead atoms. The molecule has 4 aromatic carbocycles. The Morgan fingerprint density at radius 1 is 1.00 bits per heavy atom. The van der Waals surface area contributed by atoms with E-state index < -0.39 is 23.5 Å². The van der Waals surface area contributed by atoms with Gasteiger partial charge in [0.05, 0.1) is 28.9 Å². The highest BCUT2D eigenvalue weighted by Crippen LogP contribution is 2.44. The number of methoxy groups -OCH3 is 1. The average Bonchev–Trinajstić information content (AvgIpc) is 3.54. The van der Waals surface area contributed by atoms with E-state index in [9.17, 15) is 19.1 Å². The summed E-state index contributed by atoms with van der Waals surface area (Å²) in [6.45, 7) is 2.22. The summed E-state index contributed by atoms with van der Waals surface area (Å²) < 4.78 is 25.7. The summed E-state index contributed by atoms with van der Waals surface area (Å²) >= 11 is 1.09. The first kappa shape index (κ1) is 27.2. The van der Waals surface area contributed by atoms with Crippen molar-refractivity contribution < 1.29 is 28.6 Å². The Morgan fingerprint density at radius 2 is 1.76 bits per heavy atom. The molecule has 1 fully saturated rings. The highest BCUT2D eigenvalue weighted by molar-refractivity contribution is 7.22. The number of Topliss-reactive ketones (excluding diaryl/α,β-unsaturated/α-hetero) is 1. The normalized spacial score (nSPS) is 16.3. The molecule has 1 amide bonds. The number of aryl methyl sites for hydroxylation is 1. The van der Waals surface area contributed by atoms with Gasteiger partial charge in [-0.2, -0.15) is 0 Å². The molecule has 0 aliphatic carbocycles. The predicted molar refractivity (Wildman–Crippen MR) is 159 cm³/mol. The van der Waals surface area contributed by atoms with Crippen LogP contribution in [0.1, 0.15) is 28.3 Å². The van der Waals surface area contributed by atoms with Gasteiger partial charge < -0.3 is 14.6 Å². The number of ether oxygens (including phenoxy) is 2. The van der Waals surface area contributed by atoms with Gasteiger partial charge in [-0.15, -0.1) is 0 Å². The fraction of sp³-hybridized carbons (Fsp3) is 0.121. The van der Waals surface area contributed by atoms with Crippen LogP contribution in [0, 0.1) is 12.7 Å². The second kappa shape index (κ2) is 11.1. The third kappa shape index (κ3) is 4.99. The molecule has 1 saturated heterocycles. The lowest BCUT2D eigenvalue weighted by Crippen LogP contribution is -2.29. The van der Waals surface area contributed by atoms with E-state index in [0.29, 0.717) is 39.4 Å². The van der Waals surface area contributed by atoms with Crippen molar-refractivity contribution in [2.75, 3.05) is 12.0 Å². The summed E-state index contributed by atoms with van der Waals surface area (Å²) in [5, 5.41) is 11.8. The lowest BCUT2D eigenvalue weighted by Gasteiger charge is -2.23. The molecule has 2 heterocycles. The zero-order valence-electron chi connectivity index (χ0n) is 22.7. The van der Waals surface area contributed by atoms with Gasteiger partial charge in [-0.3, -0.25) is 14.5 Å². The maximum atomic E-state index is 13.9. The number of anilines is 1. The molecule has 0 spiro atoms. The molecule has 1 N–H and O–H groups in total. The van der Waals surface area contributed by atoms with Crippen LogP contribution < -0.4 is 14.4 Å². The third-order valence-electron chi connectivity index (χ3n) is 7.11. The van der Waals surface area contributed by atoms with Crippen LogP contribution in [0.2, 0.25) is 0 Å². The number of thiazole rings is 1. The summed E-state index contributed by atoms with van der Waals surface area (Å²) in [5.41, 5.74) is 3.12. The van der Waals surface area contributed by atoms with Gasteiger partial charge in [-0.05, 0) is 72.1 Å². The third-order valence-corrected chi connectivity index (χ3v) is 8.12. The Kier molecular flexibility index (Phi) is 7.18. The Balaban J connectivity index is 1.42. The highest BCUT2D eigenvalue weighted by Gasteiger charge is 2.48. The van der Waals surface area contributed by atoms with Crippen molar-refractivity contribution in [1.29, 1.82) is 0 Å². The van der Waals surface area contributed by atoms with Gasteiger partial charge >= 0.3 is 5.91 Å². The van der Waals surface area contributed by atoms with Gasteiger partial charge in [0.25, 0.3) is 5.78 Å². The number of carbonyl (C=O) groups excluding carboxylic acids is 2. The van der Waals surface area contributed by atoms with E-state index in [2.05, 4.69) is 4.98 Å². The second-order valence-corrected chi connectivity index (χ2v) is 10.8. The fourth-order valence-corrected chi connectivity index (χ4v) is 5.99. The summed E-state index contributed by atoms with van der Waals surface area (Å²) in [4.78, 5) is 32.9. The van der Waals surface area contributed by atoms with Crippen molar-refractivity contribution in [3.8, 4) is 11.5 Å². The zero-order valence-corrected chi connectivity index (χ0v) is 23.5. The van der Waals surface area contributed by atoms with Crippen molar-refractivity contribution in [3.63, 3.8) is 0 Å². The summed E-state index contributed by atoms with van der Waals surface area (Å²) in [5.74, 6) is -1.21. The molecule has 1 aliphatic rings. The number of aromatic nitrogens is 1. The van der Waals surface area contributed by atoms with E-state index in [-0.39, 0.29) is 16.5 Å². The molecular formula is C33H25FN2O5S. The molecule has 9 heteroatoms. The standard InChI is InChI=1S/C33H25FN2O5S/c1-19-16-22(10-15-26(19)41-18-20-6-4-3-5-7-20)30(37)28-29(21-8-12-24(40-2)13-9-21)36(32(39)31(28)38)33-35-25-14-11-23(34)17-27(25)42-33/h3-17,29,37H,18H2,1-2H3/b30-28+. The Labute approximate surface area is 245 Å². The Morgan fingerprint density at radius 3 is 2.48 bits per heavy atom. The number of halogens is 1. The molecule has 1 aromatic heterocycles. The Bertz CT molecular complexity index is 1850. The molecule has 210 valence electrons. The van der Waals surface area contributed by atoms with Crippen LogP contribution in [-0.4, -0.2) is 28.9 Å². The highest BCUT2D eigenvalue weighted by atomic mass is 32.1. The van der Waals surface area contributed by atoms with Crippen molar-refractivity contribution in [3.05, 3.63) is 125 Å². The smallest absolute Gasteiger partial charge is 0.301 e. The maximum Gasteiger partial charge on any atom is 0.301 e. The van der Waals surface area contributed by atoms with Crippen LogP contribution in [0.25, 0.3) is 16.0 Å². The van der Waals surface area contributed by atoms with E-state index in [0.717, 1.165) is 22.5 Å². The molecular weight excluding hydrogens is 555 g/mol. The van der Waals surface area contributed by atoms with E-state index in [4.69, 9.17) is 9.47 Å². The summed E-state index contributed by atoms with van der Waals surface area (Å²) in [6, 6.07) is 24.9. The topological polar surface area (TPSA) is 89.0 Å². The summed E-state index contributed by atoms with van der Waals surface area (Å²) in [7, 11) is 1.54. The first-order valence-electron chi connectivity index (χ1n) is 13.1. The number of hydrogen-bond acceptors (Lipinski definition) is 7. The van der Waals surface area contributed by atoms with Crippen molar-refractivity contribution in [2.45, 2.75) is 19.6 Å². The minimum Gasteiger partial charge on any atom is -0.507 e. The molecule has 42 heavy (non-hydrogen) atoms. The number of ketones is 1. The number of hydrogen-bond donors (Lipinski definition) is 1.